The number of imide groups is 1. The molecule has 108 valence electrons. The summed E-state index contributed by atoms with van der Waals surface area (Å²) < 4.78 is 0. The van der Waals surface area contributed by atoms with E-state index in [0.29, 0.717) is 13.0 Å². The molecule has 0 aromatic carbocycles. The van der Waals surface area contributed by atoms with Crippen LogP contribution in [-0.2, 0) is 9.59 Å². The van der Waals surface area contributed by atoms with Gasteiger partial charge in [-0.3, -0.25) is 19.3 Å². The van der Waals surface area contributed by atoms with Crippen LogP contribution in [-0.4, -0.2) is 40.8 Å². The largest absolute Gasteiger partial charge is 0.354 e. The molecule has 0 unspecified atom stereocenters. The minimum atomic E-state index is -0.209. The quantitative estimate of drug-likeness (QED) is 0.660. The molecule has 0 bridgehead atoms. The van der Waals surface area contributed by atoms with Crippen molar-refractivity contribution in [2.45, 2.75) is 45.4 Å². The van der Waals surface area contributed by atoms with Crippen LogP contribution in [0.1, 0.15) is 45.4 Å². The SMILES string of the molecule is CCCCCCCC(=O)NCCN1C(=O)CSC1=O. The van der Waals surface area contributed by atoms with Crippen molar-refractivity contribution in [2.24, 2.45) is 0 Å². The Hall–Kier alpha value is -1.04. The number of thioether (sulfide) groups is 1. The van der Waals surface area contributed by atoms with Crippen LogP contribution in [0.15, 0.2) is 0 Å². The molecule has 1 saturated heterocycles. The van der Waals surface area contributed by atoms with E-state index in [1.165, 1.54) is 24.2 Å². The molecule has 19 heavy (non-hydrogen) atoms. The zero-order valence-electron chi connectivity index (χ0n) is 11.4. The van der Waals surface area contributed by atoms with E-state index in [9.17, 15) is 14.4 Å². The first-order valence-electron chi connectivity index (χ1n) is 6.89. The average molecular weight is 286 g/mol. The Morgan fingerprint density at radius 3 is 2.63 bits per heavy atom. The molecule has 6 heteroatoms. The molecule has 1 N–H and O–H groups in total. The lowest BCUT2D eigenvalue weighted by Crippen LogP contribution is -2.37. The Bertz CT molecular complexity index is 318. The van der Waals surface area contributed by atoms with Crippen molar-refractivity contribution in [3.63, 3.8) is 0 Å². The van der Waals surface area contributed by atoms with Crippen molar-refractivity contribution in [3.05, 3.63) is 0 Å². The third kappa shape index (κ3) is 6.09. The van der Waals surface area contributed by atoms with Gasteiger partial charge < -0.3 is 5.32 Å². The summed E-state index contributed by atoms with van der Waals surface area (Å²) in [6.45, 7) is 2.80. The molecule has 0 aromatic rings. The van der Waals surface area contributed by atoms with Crippen molar-refractivity contribution in [1.82, 2.24) is 10.2 Å². The summed E-state index contributed by atoms with van der Waals surface area (Å²) in [5.41, 5.74) is 0. The fraction of sp³-hybridized carbons (Fsp3) is 0.769. The second kappa shape index (κ2) is 8.96. The highest BCUT2D eigenvalue weighted by Gasteiger charge is 2.29. The first kappa shape index (κ1) is 16.0. The lowest BCUT2D eigenvalue weighted by molar-refractivity contribution is -0.125. The Labute approximate surface area is 118 Å². The van der Waals surface area contributed by atoms with E-state index in [1.54, 1.807) is 0 Å². The maximum absolute atomic E-state index is 11.5. The van der Waals surface area contributed by atoms with E-state index in [2.05, 4.69) is 12.2 Å². The van der Waals surface area contributed by atoms with Crippen LogP contribution >= 0.6 is 11.8 Å². The summed E-state index contributed by atoms with van der Waals surface area (Å²) in [4.78, 5) is 35.3. The van der Waals surface area contributed by atoms with Gasteiger partial charge in [0, 0.05) is 19.5 Å². The molecular formula is C13H22N2O3S. The number of hydrogen-bond donors (Lipinski definition) is 1. The van der Waals surface area contributed by atoms with Gasteiger partial charge in [-0.05, 0) is 6.42 Å². The van der Waals surface area contributed by atoms with E-state index in [1.807, 2.05) is 0 Å². The highest BCUT2D eigenvalue weighted by Crippen LogP contribution is 2.17. The first-order chi connectivity index (χ1) is 9.15. The average Bonchev–Trinajstić information content (AvgIpc) is 2.70. The van der Waals surface area contributed by atoms with Gasteiger partial charge >= 0.3 is 0 Å². The number of amides is 3. The van der Waals surface area contributed by atoms with E-state index in [0.717, 1.165) is 24.6 Å². The summed E-state index contributed by atoms with van der Waals surface area (Å²) in [7, 11) is 0. The highest BCUT2D eigenvalue weighted by molar-refractivity contribution is 8.14. The van der Waals surface area contributed by atoms with Crippen LogP contribution in [0, 0.1) is 0 Å². The minimum absolute atomic E-state index is 0.00301. The smallest absolute Gasteiger partial charge is 0.288 e. The molecule has 3 amide bonds. The van der Waals surface area contributed by atoms with Gasteiger partial charge in [0.25, 0.3) is 5.24 Å². The van der Waals surface area contributed by atoms with E-state index >= 15 is 0 Å². The fourth-order valence-corrected chi connectivity index (χ4v) is 2.63. The molecular weight excluding hydrogens is 264 g/mol. The molecule has 1 heterocycles. The number of nitrogens with zero attached hydrogens (tertiary/aromatic N) is 1. The molecule has 1 fully saturated rings. The lowest BCUT2D eigenvalue weighted by atomic mass is 10.1. The van der Waals surface area contributed by atoms with Gasteiger partial charge in [0.05, 0.1) is 5.75 Å². The molecule has 0 aliphatic carbocycles. The standard InChI is InChI=1S/C13H22N2O3S/c1-2-3-4-5-6-7-11(16)14-8-9-15-12(17)10-19-13(15)18/h2-10H2,1H3,(H,14,16). The first-order valence-corrected chi connectivity index (χ1v) is 7.87. The van der Waals surface area contributed by atoms with Gasteiger partial charge in [0.2, 0.25) is 11.8 Å². The monoisotopic (exact) mass is 286 g/mol. The highest BCUT2D eigenvalue weighted by atomic mass is 32.2. The Morgan fingerprint density at radius 2 is 2.00 bits per heavy atom. The Kier molecular flexibility index (Phi) is 7.55. The van der Waals surface area contributed by atoms with Gasteiger partial charge in [-0.25, -0.2) is 0 Å². The van der Waals surface area contributed by atoms with Gasteiger partial charge in [-0.1, -0.05) is 44.4 Å². The summed E-state index contributed by atoms with van der Waals surface area (Å²) >= 11 is 1.02. The number of nitrogens with one attached hydrogen (secondary N) is 1. The molecule has 0 saturated carbocycles. The van der Waals surface area contributed by atoms with Crippen LogP contribution < -0.4 is 5.32 Å². The zero-order valence-corrected chi connectivity index (χ0v) is 12.3. The molecule has 1 rings (SSSR count). The third-order valence-corrected chi connectivity index (χ3v) is 3.86. The second-order valence-electron chi connectivity index (χ2n) is 4.61. The predicted octanol–water partition coefficient (Wildman–Crippen LogP) is 2.16. The van der Waals surface area contributed by atoms with Crippen LogP contribution in [0.4, 0.5) is 4.79 Å². The number of carbonyl (C=O) groups excluding carboxylic acids is 3. The number of rotatable bonds is 9. The summed E-state index contributed by atoms with van der Waals surface area (Å²) in [5, 5.41) is 2.54. The fourth-order valence-electron chi connectivity index (χ4n) is 1.88. The van der Waals surface area contributed by atoms with Crippen molar-refractivity contribution < 1.29 is 14.4 Å². The third-order valence-electron chi connectivity index (χ3n) is 3.01. The number of unbranched alkanes of at least 4 members (excludes halogenated alkanes) is 4. The van der Waals surface area contributed by atoms with Crippen LogP contribution in [0.5, 0.6) is 0 Å². The van der Waals surface area contributed by atoms with Gasteiger partial charge in [0.15, 0.2) is 0 Å². The van der Waals surface area contributed by atoms with Crippen molar-refractivity contribution >= 4 is 28.8 Å². The molecule has 0 atom stereocenters. The number of hydrogen-bond acceptors (Lipinski definition) is 4. The maximum Gasteiger partial charge on any atom is 0.288 e. The van der Waals surface area contributed by atoms with E-state index < -0.39 is 0 Å². The Morgan fingerprint density at radius 1 is 1.26 bits per heavy atom. The van der Waals surface area contributed by atoms with Gasteiger partial charge in [0.1, 0.15) is 0 Å². The topological polar surface area (TPSA) is 66.5 Å². The lowest BCUT2D eigenvalue weighted by Gasteiger charge is -2.13. The molecule has 0 radical (unpaired) electrons. The Balaban J connectivity index is 2.04. The van der Waals surface area contributed by atoms with Crippen molar-refractivity contribution in [2.75, 3.05) is 18.8 Å². The van der Waals surface area contributed by atoms with Crippen LogP contribution in [0.2, 0.25) is 0 Å². The molecule has 0 aromatic heterocycles. The summed E-state index contributed by atoms with van der Waals surface area (Å²) in [6.07, 6.45) is 6.11. The summed E-state index contributed by atoms with van der Waals surface area (Å²) in [6, 6.07) is 0. The van der Waals surface area contributed by atoms with Crippen molar-refractivity contribution in [1.29, 1.82) is 0 Å². The minimum Gasteiger partial charge on any atom is -0.354 e. The second-order valence-corrected chi connectivity index (χ2v) is 5.54. The van der Waals surface area contributed by atoms with E-state index in [-0.39, 0.29) is 29.4 Å². The molecule has 5 nitrogen and oxygen atoms in total. The van der Waals surface area contributed by atoms with Crippen LogP contribution in [0.3, 0.4) is 0 Å². The molecule has 0 spiro atoms. The zero-order chi connectivity index (χ0) is 14.1. The van der Waals surface area contributed by atoms with Crippen molar-refractivity contribution in [3.8, 4) is 0 Å². The predicted molar refractivity (Wildman–Crippen MR) is 76.0 cm³/mol. The molecule has 1 aliphatic rings. The maximum atomic E-state index is 11.5. The van der Waals surface area contributed by atoms with E-state index in [4.69, 9.17) is 0 Å². The summed E-state index contributed by atoms with van der Waals surface area (Å²) in [5.74, 6) is 0.0663. The molecule has 1 aliphatic heterocycles. The van der Waals surface area contributed by atoms with Crippen LogP contribution in [0.25, 0.3) is 0 Å². The van der Waals surface area contributed by atoms with Gasteiger partial charge in [-0.2, -0.15) is 0 Å². The normalized spacial score (nSPS) is 15.1. The number of carbonyl (C=O) groups is 3. The van der Waals surface area contributed by atoms with Gasteiger partial charge in [-0.15, -0.1) is 0 Å².